The summed E-state index contributed by atoms with van der Waals surface area (Å²) in [5, 5.41) is 10.3. The molecule has 0 aromatic heterocycles. The highest BCUT2D eigenvalue weighted by molar-refractivity contribution is 6.36. The van der Waals surface area contributed by atoms with Crippen LogP contribution in [-0.2, 0) is 6.42 Å². The van der Waals surface area contributed by atoms with E-state index in [2.05, 4.69) is 6.07 Å². The van der Waals surface area contributed by atoms with E-state index in [0.717, 1.165) is 0 Å². The summed E-state index contributed by atoms with van der Waals surface area (Å²) in [5.74, 6) is -0.436. The summed E-state index contributed by atoms with van der Waals surface area (Å²) >= 11 is 12.3. The van der Waals surface area contributed by atoms with Crippen LogP contribution in [-0.4, -0.2) is 7.11 Å². The molecule has 0 amide bonds. The van der Waals surface area contributed by atoms with Gasteiger partial charge in [-0.3, -0.25) is 0 Å². The second-order valence-corrected chi connectivity index (χ2v) is 5.29. The van der Waals surface area contributed by atoms with Gasteiger partial charge in [-0.15, -0.1) is 0 Å². The molecule has 2 aromatic carbocycles. The predicted octanol–water partition coefficient (Wildman–Crippen LogP) is 4.99. The quantitative estimate of drug-likeness (QED) is 0.794. The molecule has 0 N–H and O–H groups in total. The molecular weight excluding hydrogens is 312 g/mol. The maximum atomic E-state index is 13.4. The van der Waals surface area contributed by atoms with E-state index in [1.807, 2.05) is 0 Å². The van der Waals surface area contributed by atoms with Crippen molar-refractivity contribution in [3.8, 4) is 11.8 Å². The molecule has 0 radical (unpaired) electrons. The van der Waals surface area contributed by atoms with Crippen LogP contribution in [0, 0.1) is 17.1 Å². The first-order valence-corrected chi connectivity index (χ1v) is 6.98. The lowest BCUT2D eigenvalue weighted by atomic mass is 9.92. The van der Waals surface area contributed by atoms with Crippen molar-refractivity contribution in [3.05, 3.63) is 63.4 Å². The van der Waals surface area contributed by atoms with Crippen molar-refractivity contribution in [1.29, 1.82) is 5.26 Å². The molecule has 0 saturated heterocycles. The zero-order valence-electron chi connectivity index (χ0n) is 11.2. The summed E-state index contributed by atoms with van der Waals surface area (Å²) in [7, 11) is 1.50. The number of ether oxygens (including phenoxy) is 1. The van der Waals surface area contributed by atoms with Gasteiger partial charge in [-0.1, -0.05) is 29.3 Å². The van der Waals surface area contributed by atoms with E-state index in [9.17, 15) is 9.65 Å². The van der Waals surface area contributed by atoms with Crippen molar-refractivity contribution in [2.45, 2.75) is 12.3 Å². The van der Waals surface area contributed by atoms with Crippen LogP contribution in [0.2, 0.25) is 10.0 Å². The Bertz CT molecular complexity index is 677. The molecule has 0 aliphatic rings. The number of hydrogen-bond donors (Lipinski definition) is 0. The van der Waals surface area contributed by atoms with E-state index in [0.29, 0.717) is 26.9 Å². The van der Waals surface area contributed by atoms with E-state index in [-0.39, 0.29) is 12.2 Å². The van der Waals surface area contributed by atoms with Gasteiger partial charge in [0.1, 0.15) is 11.6 Å². The zero-order valence-corrected chi connectivity index (χ0v) is 12.7. The smallest absolute Gasteiger partial charge is 0.123 e. The molecule has 0 heterocycles. The number of methoxy groups -OCH3 is 1. The van der Waals surface area contributed by atoms with Gasteiger partial charge in [-0.05, 0) is 42.3 Å². The second kappa shape index (κ2) is 6.80. The van der Waals surface area contributed by atoms with Gasteiger partial charge >= 0.3 is 0 Å². The fourth-order valence-corrected chi connectivity index (χ4v) is 2.84. The number of halogens is 3. The van der Waals surface area contributed by atoms with Crippen molar-refractivity contribution in [2.24, 2.45) is 0 Å². The van der Waals surface area contributed by atoms with Crippen LogP contribution in [0.15, 0.2) is 36.4 Å². The van der Waals surface area contributed by atoms with Gasteiger partial charge in [-0.25, -0.2) is 4.39 Å². The highest BCUT2D eigenvalue weighted by Crippen LogP contribution is 2.35. The summed E-state index contributed by atoms with van der Waals surface area (Å²) in [6, 6.07) is 11.4. The van der Waals surface area contributed by atoms with Gasteiger partial charge in [-0.2, -0.15) is 5.26 Å². The minimum atomic E-state index is -0.582. The van der Waals surface area contributed by atoms with Crippen LogP contribution in [0.4, 0.5) is 4.39 Å². The topological polar surface area (TPSA) is 33.0 Å². The van der Waals surface area contributed by atoms with Crippen molar-refractivity contribution in [1.82, 2.24) is 0 Å². The molecule has 2 aromatic rings. The largest absolute Gasteiger partial charge is 0.496 e. The Morgan fingerprint density at radius 2 is 1.90 bits per heavy atom. The number of hydrogen-bond acceptors (Lipinski definition) is 2. The van der Waals surface area contributed by atoms with Gasteiger partial charge in [0.15, 0.2) is 0 Å². The molecule has 0 bridgehead atoms. The number of rotatable bonds is 4. The second-order valence-electron chi connectivity index (χ2n) is 4.48. The highest BCUT2D eigenvalue weighted by atomic mass is 35.5. The van der Waals surface area contributed by atoms with Crippen LogP contribution in [0.1, 0.15) is 17.0 Å². The lowest BCUT2D eigenvalue weighted by Crippen LogP contribution is -2.04. The first kappa shape index (κ1) is 15.6. The first-order chi connectivity index (χ1) is 10.1. The van der Waals surface area contributed by atoms with Crippen LogP contribution in [0.25, 0.3) is 0 Å². The van der Waals surface area contributed by atoms with Gasteiger partial charge < -0.3 is 4.74 Å². The third-order valence-corrected chi connectivity index (χ3v) is 3.83. The Hall–Kier alpha value is -1.76. The molecule has 0 aliphatic carbocycles. The summed E-state index contributed by atoms with van der Waals surface area (Å²) in [5.41, 5.74) is 1.15. The Labute approximate surface area is 132 Å². The normalized spacial score (nSPS) is 11.8. The van der Waals surface area contributed by atoms with Gasteiger partial charge in [0, 0.05) is 15.6 Å². The van der Waals surface area contributed by atoms with Crippen molar-refractivity contribution in [3.63, 3.8) is 0 Å². The maximum absolute atomic E-state index is 13.4. The monoisotopic (exact) mass is 323 g/mol. The summed E-state index contributed by atoms with van der Waals surface area (Å²) in [6.07, 6.45) is 0.265. The van der Waals surface area contributed by atoms with Crippen LogP contribution in [0.5, 0.6) is 5.75 Å². The first-order valence-electron chi connectivity index (χ1n) is 6.22. The SMILES string of the molecule is COc1ccc(F)cc1CC(C#N)c1c(Cl)cccc1Cl. The molecule has 2 rings (SSSR count). The van der Waals surface area contributed by atoms with Crippen molar-refractivity contribution < 1.29 is 9.13 Å². The number of benzene rings is 2. The molecule has 0 spiro atoms. The Morgan fingerprint density at radius 1 is 1.24 bits per heavy atom. The van der Waals surface area contributed by atoms with E-state index >= 15 is 0 Å². The maximum Gasteiger partial charge on any atom is 0.123 e. The van der Waals surface area contributed by atoms with Crippen LogP contribution < -0.4 is 4.74 Å². The summed E-state index contributed by atoms with van der Waals surface area (Å²) < 4.78 is 18.6. The van der Waals surface area contributed by atoms with E-state index in [4.69, 9.17) is 27.9 Å². The minimum absolute atomic E-state index is 0.265. The molecule has 0 fully saturated rings. The molecule has 1 atom stereocenters. The number of nitriles is 1. The minimum Gasteiger partial charge on any atom is -0.496 e. The third kappa shape index (κ3) is 3.47. The fraction of sp³-hybridized carbons (Fsp3) is 0.188. The van der Waals surface area contributed by atoms with E-state index < -0.39 is 5.92 Å². The van der Waals surface area contributed by atoms with Crippen LogP contribution >= 0.6 is 23.2 Å². The van der Waals surface area contributed by atoms with Crippen molar-refractivity contribution >= 4 is 23.2 Å². The lowest BCUT2D eigenvalue weighted by Gasteiger charge is -2.15. The zero-order chi connectivity index (χ0) is 15.4. The molecule has 0 saturated carbocycles. The molecule has 2 nitrogen and oxygen atoms in total. The standard InChI is InChI=1S/C16H12Cl2FNO/c1-21-15-6-5-12(19)8-10(15)7-11(9-20)16-13(17)3-2-4-14(16)18/h2-6,8,11H,7H2,1H3. The summed E-state index contributed by atoms with van der Waals surface area (Å²) in [4.78, 5) is 0. The van der Waals surface area contributed by atoms with E-state index in [1.54, 1.807) is 18.2 Å². The molecule has 0 aliphatic heterocycles. The lowest BCUT2D eigenvalue weighted by molar-refractivity contribution is 0.407. The van der Waals surface area contributed by atoms with Gasteiger partial charge in [0.25, 0.3) is 0 Å². The van der Waals surface area contributed by atoms with Crippen molar-refractivity contribution in [2.75, 3.05) is 7.11 Å². The number of nitrogens with zero attached hydrogens (tertiary/aromatic N) is 1. The van der Waals surface area contributed by atoms with Gasteiger partial charge in [0.2, 0.25) is 0 Å². The Kier molecular flexibility index (Phi) is 5.06. The molecule has 5 heteroatoms. The molecular formula is C16H12Cl2FNO. The fourth-order valence-electron chi connectivity index (χ4n) is 2.18. The molecule has 108 valence electrons. The molecule has 21 heavy (non-hydrogen) atoms. The van der Waals surface area contributed by atoms with Gasteiger partial charge in [0.05, 0.1) is 19.1 Å². The van der Waals surface area contributed by atoms with E-state index in [1.165, 1.54) is 25.3 Å². The average Bonchev–Trinajstić information content (AvgIpc) is 2.46. The average molecular weight is 324 g/mol. The Morgan fingerprint density at radius 3 is 2.48 bits per heavy atom. The summed E-state index contributed by atoms with van der Waals surface area (Å²) in [6.45, 7) is 0. The van der Waals surface area contributed by atoms with Crippen LogP contribution in [0.3, 0.4) is 0 Å². The highest BCUT2D eigenvalue weighted by Gasteiger charge is 2.20. The molecule has 1 unspecified atom stereocenters. The predicted molar refractivity (Wildman–Crippen MR) is 81.5 cm³/mol. The third-order valence-electron chi connectivity index (χ3n) is 3.17. The Balaban J connectivity index is 2.41.